The summed E-state index contributed by atoms with van der Waals surface area (Å²) in [5.41, 5.74) is 4.80. The topological polar surface area (TPSA) is 27.6 Å². The molecule has 0 unspecified atom stereocenters. The number of para-hydroxylation sites is 1. The Labute approximate surface area is 136 Å². The summed E-state index contributed by atoms with van der Waals surface area (Å²) in [7, 11) is 3.93. The summed E-state index contributed by atoms with van der Waals surface area (Å²) in [5.74, 6) is 0. The van der Waals surface area contributed by atoms with Gasteiger partial charge in [0.15, 0.2) is 0 Å². The van der Waals surface area contributed by atoms with Gasteiger partial charge in [-0.05, 0) is 6.07 Å². The Morgan fingerprint density at radius 2 is 1.68 bits per heavy atom. The van der Waals surface area contributed by atoms with Crippen molar-refractivity contribution >= 4 is 28.6 Å². The number of aliphatic imine (C=N–C) groups is 1. The van der Waals surface area contributed by atoms with Gasteiger partial charge in [0.2, 0.25) is 0 Å². The van der Waals surface area contributed by atoms with Crippen LogP contribution in [0.3, 0.4) is 0 Å². The molecule has 3 rings (SSSR count). The molecule has 0 radical (unpaired) electrons. The number of hydrogen-bond acceptors (Lipinski definition) is 3. The molecule has 3 nitrogen and oxygen atoms in total. The molecule has 22 heavy (non-hydrogen) atoms. The van der Waals surface area contributed by atoms with E-state index in [-0.39, 0.29) is 0 Å². The number of benzene rings is 2. The van der Waals surface area contributed by atoms with Gasteiger partial charge in [-0.2, -0.15) is 0 Å². The van der Waals surface area contributed by atoms with Crippen LogP contribution in [0.2, 0.25) is 0 Å². The Hall–Kier alpha value is -2.46. The molecule has 0 bridgehead atoms. The Balaban J connectivity index is 2.22. The van der Waals surface area contributed by atoms with Crippen LogP contribution in [0, 0.1) is 0 Å². The minimum absolute atomic E-state index is 0.632. The minimum Gasteiger partial charge on any atom is -0.382 e. The number of thiocarbonyl (C=S) groups is 1. The van der Waals surface area contributed by atoms with Gasteiger partial charge in [-0.15, -0.1) is 0 Å². The van der Waals surface area contributed by atoms with E-state index in [4.69, 9.17) is 17.2 Å². The van der Waals surface area contributed by atoms with Crippen molar-refractivity contribution in [1.82, 2.24) is 4.90 Å². The first-order valence-electron chi connectivity index (χ1n) is 7.08. The highest BCUT2D eigenvalue weighted by Crippen LogP contribution is 2.25. The molecule has 1 aliphatic heterocycles. The molecule has 0 saturated heterocycles. The van der Waals surface area contributed by atoms with Crippen molar-refractivity contribution in [2.24, 2.45) is 4.99 Å². The van der Waals surface area contributed by atoms with E-state index in [9.17, 15) is 0 Å². The molecule has 0 saturated carbocycles. The van der Waals surface area contributed by atoms with Crippen molar-refractivity contribution in [3.05, 3.63) is 77.6 Å². The fourth-order valence-electron chi connectivity index (χ4n) is 2.36. The molecule has 0 fully saturated rings. The summed E-state index contributed by atoms with van der Waals surface area (Å²) < 4.78 is 0. The van der Waals surface area contributed by atoms with Crippen LogP contribution < -0.4 is 5.32 Å². The second kappa shape index (κ2) is 6.12. The molecule has 0 spiro atoms. The third-order valence-corrected chi connectivity index (χ3v) is 3.63. The third kappa shape index (κ3) is 2.92. The number of rotatable bonds is 2. The second-order valence-corrected chi connectivity index (χ2v) is 5.71. The lowest BCUT2D eigenvalue weighted by Crippen LogP contribution is -2.13. The largest absolute Gasteiger partial charge is 0.382 e. The van der Waals surface area contributed by atoms with Gasteiger partial charge in [-0.25, -0.2) is 4.99 Å². The zero-order chi connectivity index (χ0) is 15.5. The van der Waals surface area contributed by atoms with E-state index < -0.39 is 0 Å². The average molecular weight is 307 g/mol. The van der Waals surface area contributed by atoms with Gasteiger partial charge in [0, 0.05) is 37.1 Å². The van der Waals surface area contributed by atoms with Gasteiger partial charge in [0.25, 0.3) is 0 Å². The van der Waals surface area contributed by atoms with E-state index >= 15 is 0 Å². The Bertz CT molecular complexity index is 761. The van der Waals surface area contributed by atoms with Crippen LogP contribution >= 0.6 is 12.2 Å². The first-order chi connectivity index (χ1) is 10.6. The third-order valence-electron chi connectivity index (χ3n) is 3.32. The minimum atomic E-state index is 0.632. The number of anilines is 1. The summed E-state index contributed by atoms with van der Waals surface area (Å²) in [4.78, 5) is 7.42. The fourth-order valence-corrected chi connectivity index (χ4v) is 2.57. The first-order valence-corrected chi connectivity index (χ1v) is 7.49. The van der Waals surface area contributed by atoms with Crippen LogP contribution in [0.4, 0.5) is 5.69 Å². The van der Waals surface area contributed by atoms with E-state index in [1.165, 1.54) is 0 Å². The highest BCUT2D eigenvalue weighted by atomic mass is 32.1. The number of nitrogens with one attached hydrogen (secondary N) is 1. The van der Waals surface area contributed by atoms with E-state index in [0.29, 0.717) is 4.99 Å². The second-order valence-electron chi connectivity index (χ2n) is 5.30. The SMILES string of the molecule is CN(C)/C=C1\N=C(c2ccccc2)c2ccccc2NC1=S. The lowest BCUT2D eigenvalue weighted by Gasteiger charge is -2.09. The van der Waals surface area contributed by atoms with Crippen LogP contribution in [-0.4, -0.2) is 29.7 Å². The molecule has 4 heteroatoms. The maximum atomic E-state index is 5.50. The lowest BCUT2D eigenvalue weighted by molar-refractivity contribution is 0.560. The van der Waals surface area contributed by atoms with Crippen LogP contribution in [-0.2, 0) is 0 Å². The zero-order valence-corrected chi connectivity index (χ0v) is 13.4. The molecule has 1 heterocycles. The normalized spacial score (nSPS) is 15.6. The monoisotopic (exact) mass is 307 g/mol. The fraction of sp³-hybridized carbons (Fsp3) is 0.111. The summed E-state index contributed by atoms with van der Waals surface area (Å²) in [6, 6.07) is 18.3. The maximum Gasteiger partial charge on any atom is 0.131 e. The van der Waals surface area contributed by atoms with Crippen LogP contribution in [0.1, 0.15) is 11.1 Å². The molecule has 1 aliphatic rings. The maximum absolute atomic E-state index is 5.50. The summed E-state index contributed by atoms with van der Waals surface area (Å²) in [5, 5.41) is 3.30. The Kier molecular flexibility index (Phi) is 4.02. The average Bonchev–Trinajstić information content (AvgIpc) is 2.65. The van der Waals surface area contributed by atoms with E-state index in [2.05, 4.69) is 23.5 Å². The van der Waals surface area contributed by atoms with Gasteiger partial charge in [-0.1, -0.05) is 60.7 Å². The highest BCUT2D eigenvalue weighted by Gasteiger charge is 2.19. The van der Waals surface area contributed by atoms with Crippen molar-refractivity contribution in [1.29, 1.82) is 0 Å². The summed E-state index contributed by atoms with van der Waals surface area (Å²) in [6.45, 7) is 0. The summed E-state index contributed by atoms with van der Waals surface area (Å²) in [6.07, 6.45) is 1.93. The van der Waals surface area contributed by atoms with Crippen LogP contribution in [0.15, 0.2) is 71.5 Å². The zero-order valence-electron chi connectivity index (χ0n) is 12.6. The molecular weight excluding hydrogens is 290 g/mol. The molecule has 0 atom stereocenters. The van der Waals surface area contributed by atoms with Crippen molar-refractivity contribution < 1.29 is 0 Å². The smallest absolute Gasteiger partial charge is 0.131 e. The van der Waals surface area contributed by atoms with Crippen LogP contribution in [0.25, 0.3) is 0 Å². The number of nitrogens with zero attached hydrogens (tertiary/aromatic N) is 2. The van der Waals surface area contributed by atoms with Gasteiger partial charge in [-0.3, -0.25) is 0 Å². The number of hydrogen-bond donors (Lipinski definition) is 1. The number of benzodiazepines with no additional fused rings is 1. The van der Waals surface area contributed by atoms with Gasteiger partial charge in [0.1, 0.15) is 10.7 Å². The molecular formula is C18H17N3S. The van der Waals surface area contributed by atoms with Gasteiger partial charge in [0.05, 0.1) is 5.71 Å². The van der Waals surface area contributed by atoms with Crippen molar-refractivity contribution in [3.63, 3.8) is 0 Å². The van der Waals surface area contributed by atoms with E-state index in [0.717, 1.165) is 28.2 Å². The predicted octanol–water partition coefficient (Wildman–Crippen LogP) is 3.68. The van der Waals surface area contributed by atoms with Crippen molar-refractivity contribution in [3.8, 4) is 0 Å². The van der Waals surface area contributed by atoms with Gasteiger partial charge < -0.3 is 10.2 Å². The molecule has 0 aliphatic carbocycles. The molecule has 110 valence electrons. The van der Waals surface area contributed by atoms with E-state index in [1.807, 2.05) is 61.6 Å². The van der Waals surface area contributed by atoms with Crippen molar-refractivity contribution in [2.75, 3.05) is 19.4 Å². The quantitative estimate of drug-likeness (QED) is 0.677. The molecule has 0 amide bonds. The van der Waals surface area contributed by atoms with E-state index in [1.54, 1.807) is 0 Å². The highest BCUT2D eigenvalue weighted by molar-refractivity contribution is 7.81. The molecule has 1 N–H and O–H groups in total. The standard InChI is InChI=1S/C18H17N3S/c1-21(2)12-16-18(22)20-15-11-7-6-10-14(15)17(19-16)13-8-4-3-5-9-13/h3-12H,1-2H3,(H,20,22)/b16-12-. The Morgan fingerprint density at radius 3 is 2.41 bits per heavy atom. The summed E-state index contributed by atoms with van der Waals surface area (Å²) >= 11 is 5.50. The lowest BCUT2D eigenvalue weighted by atomic mass is 10.0. The molecule has 2 aromatic carbocycles. The molecule has 0 aromatic heterocycles. The Morgan fingerprint density at radius 1 is 1.00 bits per heavy atom. The van der Waals surface area contributed by atoms with Crippen molar-refractivity contribution in [2.45, 2.75) is 0 Å². The first kappa shape index (κ1) is 14.5. The number of fused-ring (bicyclic) bond motifs is 1. The van der Waals surface area contributed by atoms with Crippen LogP contribution in [0.5, 0.6) is 0 Å². The van der Waals surface area contributed by atoms with Gasteiger partial charge >= 0.3 is 0 Å². The molecule has 2 aromatic rings. The predicted molar refractivity (Wildman–Crippen MR) is 96.5 cm³/mol.